The summed E-state index contributed by atoms with van der Waals surface area (Å²) in [6.45, 7) is 0. The average molecular weight is 251 g/mol. The normalized spacial score (nSPS) is 10.1. The first-order valence-corrected chi connectivity index (χ1v) is 4.90. The number of nitrogens with zero attached hydrogens (tertiary/aromatic N) is 5. The summed E-state index contributed by atoms with van der Waals surface area (Å²) in [4.78, 5) is 24.8. The molecule has 16 heavy (non-hydrogen) atoms. The Morgan fingerprint density at radius 1 is 1.50 bits per heavy atom. The summed E-state index contributed by atoms with van der Waals surface area (Å²) in [5, 5.41) is 20.0. The van der Waals surface area contributed by atoms with E-state index in [0.29, 0.717) is 5.16 Å². The number of H-pyrrole nitrogens is 1. The molecule has 0 saturated carbocycles. The third-order valence-corrected chi connectivity index (χ3v) is 2.17. The van der Waals surface area contributed by atoms with E-state index in [-0.39, 0.29) is 35.3 Å². The summed E-state index contributed by atoms with van der Waals surface area (Å²) < 4.78 is 0.886. The van der Waals surface area contributed by atoms with Gasteiger partial charge in [0.1, 0.15) is 0 Å². The second-order valence-corrected chi connectivity index (χ2v) is 3.25. The predicted molar refractivity (Wildman–Crippen MR) is 55.6 cm³/mol. The topological polar surface area (TPSA) is 119 Å². The molecule has 0 aromatic carbocycles. The Bertz CT molecular complexity index is 593. The van der Waals surface area contributed by atoms with Crippen LogP contribution in [0.5, 0.6) is 0 Å². The molecule has 0 aliphatic carbocycles. The summed E-state index contributed by atoms with van der Waals surface area (Å²) in [5.41, 5.74) is -0.877. The first kappa shape index (κ1) is 13.1. The molecule has 0 aliphatic rings. The van der Waals surface area contributed by atoms with Crippen LogP contribution in [0.1, 0.15) is 0 Å². The van der Waals surface area contributed by atoms with Gasteiger partial charge in [-0.25, -0.2) is 0 Å². The zero-order valence-corrected chi connectivity index (χ0v) is 11.2. The van der Waals surface area contributed by atoms with Crippen molar-refractivity contribution >= 4 is 52.9 Å². The molecule has 2 aromatic rings. The van der Waals surface area contributed by atoms with Gasteiger partial charge in [-0.1, -0.05) is 11.8 Å². The summed E-state index contributed by atoms with van der Waals surface area (Å²) in [5.74, 6) is -0.821. The Kier molecular flexibility index (Phi) is 4.02. The Morgan fingerprint density at radius 3 is 2.75 bits per heavy atom. The molecule has 9 nitrogen and oxygen atoms in total. The van der Waals surface area contributed by atoms with Gasteiger partial charge in [-0.05, 0) is 11.2 Å². The van der Waals surface area contributed by atoms with E-state index in [1.54, 1.807) is 6.26 Å². The van der Waals surface area contributed by atoms with Crippen LogP contribution < -0.4 is 5.56 Å². The van der Waals surface area contributed by atoms with Crippen LogP contribution >= 0.6 is 11.8 Å². The van der Waals surface area contributed by atoms with E-state index in [2.05, 4.69) is 20.3 Å². The number of fused-ring (bicyclic) bond motifs is 1. The second-order valence-electron chi connectivity index (χ2n) is 2.45. The zero-order chi connectivity index (χ0) is 11.0. The maximum absolute atomic E-state index is 11.4. The van der Waals surface area contributed by atoms with Crippen LogP contribution in [0.25, 0.3) is 5.78 Å². The predicted octanol–water partition coefficient (Wildman–Crippen LogP) is -0.938. The van der Waals surface area contributed by atoms with Crippen LogP contribution in [0.15, 0.2) is 9.95 Å². The molecule has 0 fully saturated rings. The molecule has 0 atom stereocenters. The molecule has 2 heterocycles. The maximum atomic E-state index is 11.4. The number of nitrogens with one attached hydrogen (secondary N) is 1. The van der Waals surface area contributed by atoms with Crippen LogP contribution in [0, 0.1) is 10.1 Å². The average Bonchev–Trinajstić information content (AvgIpc) is 2.61. The van der Waals surface area contributed by atoms with Crippen molar-refractivity contribution in [3.05, 3.63) is 20.5 Å². The van der Waals surface area contributed by atoms with Crippen LogP contribution in [-0.2, 0) is 0 Å². The number of nitro groups is 1. The maximum Gasteiger partial charge on any atom is 0.458 e. The van der Waals surface area contributed by atoms with E-state index in [0.717, 1.165) is 4.52 Å². The van der Waals surface area contributed by atoms with E-state index in [1.165, 1.54) is 11.8 Å². The molecular weight excluding hydrogens is 247 g/mol. The third-order valence-electron chi connectivity index (χ3n) is 1.60. The molecule has 0 saturated heterocycles. The second kappa shape index (κ2) is 4.91. The first-order valence-electron chi connectivity index (χ1n) is 3.67. The minimum Gasteiger partial charge on any atom is -0.358 e. The van der Waals surface area contributed by atoms with Crippen molar-refractivity contribution < 1.29 is 4.92 Å². The van der Waals surface area contributed by atoms with Gasteiger partial charge in [0.25, 0.3) is 5.78 Å². The van der Waals surface area contributed by atoms with Crippen molar-refractivity contribution in [3.63, 3.8) is 0 Å². The van der Waals surface area contributed by atoms with Crippen molar-refractivity contribution in [1.82, 2.24) is 24.8 Å². The number of hydrogen-bond donors (Lipinski definition) is 1. The van der Waals surface area contributed by atoms with Gasteiger partial charge in [-0.3, -0.25) is 9.89 Å². The fourth-order valence-corrected chi connectivity index (χ4v) is 1.32. The van der Waals surface area contributed by atoms with Crippen molar-refractivity contribution in [2.45, 2.75) is 5.16 Å². The minimum atomic E-state index is -0.888. The smallest absolute Gasteiger partial charge is 0.358 e. The summed E-state index contributed by atoms with van der Waals surface area (Å²) in [7, 11) is 0. The van der Waals surface area contributed by atoms with Crippen LogP contribution in [0.4, 0.5) is 5.82 Å². The standard InChI is InChI=1S/C5H4N6O3S.Na/c1-15-5-6-4-8-7-2(11(13)14)3(12)10(4)9-5;/h1H3,(H,6,8,9);. The fraction of sp³-hybridized carbons (Fsp3) is 0.200. The Hall–Kier alpha value is -0.970. The fourth-order valence-electron chi connectivity index (χ4n) is 0.961. The Labute approximate surface area is 114 Å². The SMILES string of the molecule is CSc1nc2nnc([N+](=O)[O-])c(=O)n2[nH]1.[Na]. The molecule has 2 rings (SSSR count). The Morgan fingerprint density at radius 2 is 2.19 bits per heavy atom. The molecule has 1 N–H and O–H groups in total. The van der Waals surface area contributed by atoms with Gasteiger partial charge in [0, 0.05) is 34.7 Å². The van der Waals surface area contributed by atoms with Gasteiger partial charge in [0.15, 0.2) is 5.16 Å². The number of aromatic amines is 1. The van der Waals surface area contributed by atoms with Gasteiger partial charge in [-0.15, -0.1) is 0 Å². The molecule has 79 valence electrons. The molecule has 0 spiro atoms. The molecule has 2 aromatic heterocycles. The van der Waals surface area contributed by atoms with Gasteiger partial charge in [0.2, 0.25) is 0 Å². The van der Waals surface area contributed by atoms with Crippen molar-refractivity contribution in [3.8, 4) is 0 Å². The van der Waals surface area contributed by atoms with Gasteiger partial charge in [0.05, 0.1) is 5.10 Å². The van der Waals surface area contributed by atoms with E-state index >= 15 is 0 Å². The molecule has 0 unspecified atom stereocenters. The number of thioether (sulfide) groups is 1. The van der Waals surface area contributed by atoms with Crippen LogP contribution in [-0.4, -0.2) is 65.5 Å². The monoisotopic (exact) mass is 251 g/mol. The largest absolute Gasteiger partial charge is 0.458 e. The van der Waals surface area contributed by atoms with Gasteiger partial charge >= 0.3 is 11.4 Å². The molecule has 1 radical (unpaired) electrons. The van der Waals surface area contributed by atoms with E-state index < -0.39 is 16.3 Å². The van der Waals surface area contributed by atoms with Gasteiger partial charge < -0.3 is 10.1 Å². The van der Waals surface area contributed by atoms with Crippen molar-refractivity contribution in [2.75, 3.05) is 6.26 Å². The summed E-state index contributed by atoms with van der Waals surface area (Å²) in [6, 6.07) is 0. The zero-order valence-electron chi connectivity index (χ0n) is 8.37. The molecular formula is C5H4N6NaO3S. The number of hydrogen-bond acceptors (Lipinski definition) is 7. The quantitative estimate of drug-likeness (QED) is 0.316. The Balaban J connectivity index is 0.00000128. The van der Waals surface area contributed by atoms with Crippen molar-refractivity contribution in [1.29, 1.82) is 0 Å². The number of rotatable bonds is 2. The van der Waals surface area contributed by atoms with E-state index in [1.807, 2.05) is 0 Å². The summed E-state index contributed by atoms with van der Waals surface area (Å²) >= 11 is 1.25. The van der Waals surface area contributed by atoms with Gasteiger partial charge in [-0.2, -0.15) is 9.50 Å². The minimum absolute atomic E-state index is 0. The van der Waals surface area contributed by atoms with Crippen molar-refractivity contribution in [2.24, 2.45) is 0 Å². The molecule has 0 bridgehead atoms. The van der Waals surface area contributed by atoms with Crippen LogP contribution in [0.3, 0.4) is 0 Å². The van der Waals surface area contributed by atoms with E-state index in [4.69, 9.17) is 0 Å². The van der Waals surface area contributed by atoms with Crippen LogP contribution in [0.2, 0.25) is 0 Å². The molecule has 11 heteroatoms. The number of aromatic nitrogens is 5. The first-order chi connectivity index (χ1) is 7.13. The molecule has 0 amide bonds. The third kappa shape index (κ3) is 2.09. The van der Waals surface area contributed by atoms with E-state index in [9.17, 15) is 14.9 Å². The summed E-state index contributed by atoms with van der Waals surface area (Å²) in [6.07, 6.45) is 1.74. The molecule has 0 aliphatic heterocycles.